The highest BCUT2D eigenvalue weighted by Crippen LogP contribution is 2.37. The maximum atomic E-state index is 11.8. The predicted molar refractivity (Wildman–Crippen MR) is 59.2 cm³/mol. The fourth-order valence-corrected chi connectivity index (χ4v) is 1.87. The first-order valence-corrected chi connectivity index (χ1v) is 5.10. The van der Waals surface area contributed by atoms with Gasteiger partial charge in [0, 0.05) is 12.6 Å². The second-order valence-corrected chi connectivity index (χ2v) is 3.80. The lowest BCUT2D eigenvalue weighted by Gasteiger charge is -1.99. The number of hydrogen-bond donors (Lipinski definition) is 1. The van der Waals surface area contributed by atoms with Crippen molar-refractivity contribution in [3.8, 4) is 0 Å². The van der Waals surface area contributed by atoms with Gasteiger partial charge in [-0.1, -0.05) is 18.2 Å². The van der Waals surface area contributed by atoms with Gasteiger partial charge in [-0.15, -0.1) is 0 Å². The molecule has 1 aliphatic rings. The zero-order valence-corrected chi connectivity index (χ0v) is 8.77. The maximum absolute atomic E-state index is 11.8. The molecule has 1 aromatic heterocycles. The van der Waals surface area contributed by atoms with Gasteiger partial charge in [0.05, 0.1) is 5.56 Å². The van der Waals surface area contributed by atoms with Crippen molar-refractivity contribution in [3.05, 3.63) is 46.2 Å². The van der Waals surface area contributed by atoms with E-state index >= 15 is 0 Å². The summed E-state index contributed by atoms with van der Waals surface area (Å²) < 4.78 is 10.3. The van der Waals surface area contributed by atoms with Crippen LogP contribution < -0.4 is 5.56 Å². The summed E-state index contributed by atoms with van der Waals surface area (Å²) in [5.41, 5.74) is 1.36. The van der Waals surface area contributed by atoms with Crippen LogP contribution in [0.5, 0.6) is 0 Å². The number of aromatic amines is 1. The van der Waals surface area contributed by atoms with Crippen molar-refractivity contribution in [2.75, 3.05) is 7.11 Å². The Morgan fingerprint density at radius 2 is 2.19 bits per heavy atom. The van der Waals surface area contributed by atoms with Gasteiger partial charge in [-0.3, -0.25) is 4.79 Å². The number of rotatable bonds is 2. The third-order valence-corrected chi connectivity index (χ3v) is 2.77. The van der Waals surface area contributed by atoms with Crippen LogP contribution in [0.2, 0.25) is 0 Å². The number of H-pyrrole nitrogens is 1. The molecule has 0 aliphatic carbocycles. The van der Waals surface area contributed by atoms with Crippen LogP contribution in [-0.4, -0.2) is 18.4 Å². The van der Waals surface area contributed by atoms with Crippen molar-refractivity contribution in [3.63, 3.8) is 0 Å². The van der Waals surface area contributed by atoms with E-state index in [4.69, 9.17) is 9.47 Å². The Labute approximate surface area is 91.8 Å². The molecule has 82 valence electrons. The number of benzene rings is 1. The van der Waals surface area contributed by atoms with Gasteiger partial charge in [-0.25, -0.2) is 0 Å². The smallest absolute Gasteiger partial charge is 0.254 e. The van der Waals surface area contributed by atoms with E-state index in [2.05, 4.69) is 4.98 Å². The Bertz CT molecular complexity index is 590. The summed E-state index contributed by atoms with van der Waals surface area (Å²) in [6.07, 6.45) is -0.499. The minimum absolute atomic E-state index is 0.108. The number of aromatic nitrogens is 1. The quantitative estimate of drug-likeness (QED) is 0.777. The van der Waals surface area contributed by atoms with Crippen LogP contribution in [0.15, 0.2) is 35.1 Å². The number of para-hydroxylation sites is 1. The SMILES string of the molecule is COC1OC1c1cc2ccccc2[nH]c1=O. The molecule has 2 atom stereocenters. The summed E-state index contributed by atoms with van der Waals surface area (Å²) in [5, 5.41) is 1.00. The third-order valence-electron chi connectivity index (χ3n) is 2.77. The van der Waals surface area contributed by atoms with Crippen LogP contribution in [0.1, 0.15) is 11.7 Å². The number of ether oxygens (including phenoxy) is 2. The molecule has 2 heterocycles. The highest BCUT2D eigenvalue weighted by atomic mass is 16.8. The Morgan fingerprint density at radius 3 is 2.94 bits per heavy atom. The van der Waals surface area contributed by atoms with Gasteiger partial charge in [0.25, 0.3) is 5.56 Å². The van der Waals surface area contributed by atoms with Crippen LogP contribution in [0.3, 0.4) is 0 Å². The lowest BCUT2D eigenvalue weighted by atomic mass is 10.1. The van der Waals surface area contributed by atoms with E-state index in [1.807, 2.05) is 30.3 Å². The lowest BCUT2D eigenvalue weighted by molar-refractivity contribution is 0.0950. The molecule has 1 aliphatic heterocycles. The number of pyridine rings is 1. The van der Waals surface area contributed by atoms with Gasteiger partial charge in [0.15, 0.2) is 6.29 Å². The average Bonchev–Trinajstić information content (AvgIpc) is 3.07. The zero-order valence-electron chi connectivity index (χ0n) is 8.77. The molecule has 0 saturated carbocycles. The summed E-state index contributed by atoms with van der Waals surface area (Å²) in [5.74, 6) is 0. The van der Waals surface area contributed by atoms with E-state index in [1.165, 1.54) is 0 Å². The summed E-state index contributed by atoms with van der Waals surface area (Å²) in [4.78, 5) is 14.6. The summed E-state index contributed by atoms with van der Waals surface area (Å²) in [6, 6.07) is 9.52. The fourth-order valence-electron chi connectivity index (χ4n) is 1.87. The van der Waals surface area contributed by atoms with Gasteiger partial charge < -0.3 is 14.5 Å². The van der Waals surface area contributed by atoms with Gasteiger partial charge in [-0.2, -0.15) is 0 Å². The Morgan fingerprint density at radius 1 is 1.38 bits per heavy atom. The number of nitrogens with one attached hydrogen (secondary N) is 1. The number of fused-ring (bicyclic) bond motifs is 1. The minimum atomic E-state index is -0.276. The lowest BCUT2D eigenvalue weighted by Crippen LogP contribution is -2.12. The number of methoxy groups -OCH3 is 1. The Balaban J connectivity index is 2.12. The van der Waals surface area contributed by atoms with Gasteiger partial charge in [0.2, 0.25) is 0 Å². The first kappa shape index (κ1) is 9.57. The molecule has 1 fully saturated rings. The van der Waals surface area contributed by atoms with Crippen LogP contribution in [-0.2, 0) is 9.47 Å². The molecular formula is C12H11NO3. The first-order chi connectivity index (χ1) is 7.79. The third kappa shape index (κ3) is 1.43. The Kier molecular flexibility index (Phi) is 2.05. The Hall–Kier alpha value is -1.65. The van der Waals surface area contributed by atoms with Crippen molar-refractivity contribution >= 4 is 10.9 Å². The molecule has 0 amide bonds. The second kappa shape index (κ2) is 3.43. The first-order valence-electron chi connectivity index (χ1n) is 5.10. The molecule has 16 heavy (non-hydrogen) atoms. The summed E-state index contributed by atoms with van der Waals surface area (Å²) in [6.45, 7) is 0. The van der Waals surface area contributed by atoms with Crippen molar-refractivity contribution in [1.82, 2.24) is 4.98 Å². The standard InChI is InChI=1S/C12H11NO3/c1-15-12-10(16-12)8-6-7-4-2-3-5-9(7)13-11(8)14/h2-6,10,12H,1H3,(H,13,14). The van der Waals surface area contributed by atoms with E-state index in [0.717, 1.165) is 10.9 Å². The topological polar surface area (TPSA) is 54.6 Å². The molecule has 0 spiro atoms. The largest absolute Gasteiger partial charge is 0.353 e. The van der Waals surface area contributed by atoms with Crippen molar-refractivity contribution in [2.45, 2.75) is 12.4 Å². The normalized spacial score (nSPS) is 23.6. The second-order valence-electron chi connectivity index (χ2n) is 3.80. The highest BCUT2D eigenvalue weighted by molar-refractivity contribution is 5.78. The molecule has 2 aromatic rings. The van der Waals surface area contributed by atoms with E-state index < -0.39 is 0 Å². The van der Waals surface area contributed by atoms with Gasteiger partial charge >= 0.3 is 0 Å². The molecule has 0 radical (unpaired) electrons. The van der Waals surface area contributed by atoms with E-state index in [0.29, 0.717) is 5.56 Å². The molecule has 0 bridgehead atoms. The van der Waals surface area contributed by atoms with E-state index in [9.17, 15) is 4.79 Å². The molecule has 4 heteroatoms. The van der Waals surface area contributed by atoms with Crippen molar-refractivity contribution in [2.24, 2.45) is 0 Å². The van der Waals surface area contributed by atoms with E-state index in [1.54, 1.807) is 7.11 Å². The molecule has 2 unspecified atom stereocenters. The van der Waals surface area contributed by atoms with E-state index in [-0.39, 0.29) is 18.0 Å². The summed E-state index contributed by atoms with van der Waals surface area (Å²) >= 11 is 0. The molecule has 3 rings (SSSR count). The van der Waals surface area contributed by atoms with Crippen molar-refractivity contribution < 1.29 is 9.47 Å². The molecule has 4 nitrogen and oxygen atoms in total. The molecule has 1 N–H and O–H groups in total. The minimum Gasteiger partial charge on any atom is -0.353 e. The fraction of sp³-hybridized carbons (Fsp3) is 0.250. The molecular weight excluding hydrogens is 206 g/mol. The number of hydrogen-bond acceptors (Lipinski definition) is 3. The monoisotopic (exact) mass is 217 g/mol. The van der Waals surface area contributed by atoms with Crippen LogP contribution >= 0.6 is 0 Å². The predicted octanol–water partition coefficient (Wildman–Crippen LogP) is 1.57. The highest BCUT2D eigenvalue weighted by Gasteiger charge is 2.42. The van der Waals surface area contributed by atoms with Gasteiger partial charge in [-0.05, 0) is 17.5 Å². The molecule has 1 aromatic carbocycles. The zero-order chi connectivity index (χ0) is 11.1. The summed E-state index contributed by atoms with van der Waals surface area (Å²) in [7, 11) is 1.57. The maximum Gasteiger partial charge on any atom is 0.254 e. The van der Waals surface area contributed by atoms with Crippen molar-refractivity contribution in [1.29, 1.82) is 0 Å². The van der Waals surface area contributed by atoms with Gasteiger partial charge in [0.1, 0.15) is 6.10 Å². The molecule has 1 saturated heterocycles. The van der Waals surface area contributed by atoms with Crippen LogP contribution in [0, 0.1) is 0 Å². The average molecular weight is 217 g/mol. The van der Waals surface area contributed by atoms with Crippen LogP contribution in [0.4, 0.5) is 0 Å². The van der Waals surface area contributed by atoms with Crippen LogP contribution in [0.25, 0.3) is 10.9 Å². The number of epoxide rings is 1.